The number of piperidine rings is 1. The molecule has 7 heteroatoms. The van der Waals surface area contributed by atoms with Gasteiger partial charge in [0.25, 0.3) is 0 Å². The lowest BCUT2D eigenvalue weighted by molar-refractivity contribution is 0.0606. The van der Waals surface area contributed by atoms with Crippen LogP contribution in [0.15, 0.2) is 18.2 Å². The van der Waals surface area contributed by atoms with Gasteiger partial charge in [0.05, 0.1) is 18.9 Å². The molecule has 1 heterocycles. The first-order valence-corrected chi connectivity index (χ1v) is 9.46. The summed E-state index contributed by atoms with van der Waals surface area (Å²) < 4.78 is 40.2. The zero-order valence-electron chi connectivity index (χ0n) is 13.6. The molecule has 1 aromatic rings. The molecule has 23 heavy (non-hydrogen) atoms. The zero-order chi connectivity index (χ0) is 16.4. The summed E-state index contributed by atoms with van der Waals surface area (Å²) >= 11 is 0. The van der Waals surface area contributed by atoms with Gasteiger partial charge in [-0.2, -0.15) is 12.7 Å². The van der Waals surface area contributed by atoms with Crippen molar-refractivity contribution < 1.29 is 17.9 Å². The quantitative estimate of drug-likeness (QED) is 0.863. The Morgan fingerprint density at radius 1 is 1.13 bits per heavy atom. The van der Waals surface area contributed by atoms with E-state index in [1.807, 2.05) is 12.1 Å². The molecule has 0 radical (unpaired) electrons. The van der Waals surface area contributed by atoms with E-state index in [9.17, 15) is 8.42 Å². The van der Waals surface area contributed by atoms with Gasteiger partial charge in [-0.05, 0) is 43.2 Å². The van der Waals surface area contributed by atoms with Crippen LogP contribution >= 0.6 is 0 Å². The van der Waals surface area contributed by atoms with Gasteiger partial charge in [-0.1, -0.05) is 6.07 Å². The largest absolute Gasteiger partial charge is 0.497 e. The summed E-state index contributed by atoms with van der Waals surface area (Å²) in [4.78, 5) is 0. The summed E-state index contributed by atoms with van der Waals surface area (Å²) in [6, 6.07) is 5.62. The molecule has 1 aromatic carbocycles. The number of anilines is 1. The lowest BCUT2D eigenvalue weighted by Gasteiger charge is -2.30. The molecule has 1 aliphatic heterocycles. The van der Waals surface area contributed by atoms with Gasteiger partial charge >= 0.3 is 10.2 Å². The number of rotatable bonds is 6. The fraction of sp³-hybridized carbons (Fsp3) is 0.625. The van der Waals surface area contributed by atoms with Crippen molar-refractivity contribution in [1.82, 2.24) is 4.31 Å². The van der Waals surface area contributed by atoms with E-state index in [1.54, 1.807) is 20.3 Å². The van der Waals surface area contributed by atoms with Gasteiger partial charge in [0.15, 0.2) is 0 Å². The third-order valence-electron chi connectivity index (χ3n) is 4.59. The molecule has 1 saturated carbocycles. The fourth-order valence-corrected chi connectivity index (χ4v) is 4.29. The van der Waals surface area contributed by atoms with E-state index in [4.69, 9.17) is 9.47 Å². The number of ether oxygens (including phenoxy) is 2. The van der Waals surface area contributed by atoms with Gasteiger partial charge in [0.2, 0.25) is 0 Å². The van der Waals surface area contributed by atoms with Gasteiger partial charge < -0.3 is 9.47 Å². The predicted molar refractivity (Wildman–Crippen MR) is 89.1 cm³/mol. The summed E-state index contributed by atoms with van der Waals surface area (Å²) in [5.41, 5.74) is 1.70. The van der Waals surface area contributed by atoms with Crippen molar-refractivity contribution in [2.24, 2.45) is 0 Å². The molecular formula is C16H24N2O4S. The average molecular weight is 340 g/mol. The molecule has 1 saturated heterocycles. The van der Waals surface area contributed by atoms with Crippen LogP contribution in [-0.4, -0.2) is 46.1 Å². The average Bonchev–Trinajstić information content (AvgIpc) is 3.39. The number of benzene rings is 1. The van der Waals surface area contributed by atoms with Crippen LogP contribution in [0.5, 0.6) is 5.75 Å². The molecule has 0 unspecified atom stereocenters. The van der Waals surface area contributed by atoms with Crippen LogP contribution in [0.25, 0.3) is 0 Å². The highest BCUT2D eigenvalue weighted by atomic mass is 32.2. The Kier molecular flexibility index (Phi) is 4.79. The summed E-state index contributed by atoms with van der Waals surface area (Å²) in [5.74, 6) is 1.11. The smallest absolute Gasteiger partial charge is 0.301 e. The van der Waals surface area contributed by atoms with Crippen LogP contribution < -0.4 is 9.46 Å². The highest BCUT2D eigenvalue weighted by Crippen LogP contribution is 2.44. The molecule has 0 bridgehead atoms. The van der Waals surface area contributed by atoms with Crippen molar-refractivity contribution in [2.45, 2.75) is 37.7 Å². The van der Waals surface area contributed by atoms with Crippen molar-refractivity contribution >= 4 is 15.9 Å². The first-order valence-electron chi connectivity index (χ1n) is 8.02. The van der Waals surface area contributed by atoms with E-state index >= 15 is 0 Å². The van der Waals surface area contributed by atoms with Crippen LogP contribution in [-0.2, 0) is 14.9 Å². The second kappa shape index (κ2) is 6.67. The first kappa shape index (κ1) is 16.5. The molecule has 128 valence electrons. The number of nitrogens with one attached hydrogen (secondary N) is 1. The maximum atomic E-state index is 12.7. The third-order valence-corrected chi connectivity index (χ3v) is 6.11. The van der Waals surface area contributed by atoms with E-state index in [1.165, 1.54) is 4.31 Å². The Labute approximate surface area is 138 Å². The number of methoxy groups -OCH3 is 2. The molecule has 2 aliphatic rings. The summed E-state index contributed by atoms with van der Waals surface area (Å²) in [5, 5.41) is 0. The van der Waals surface area contributed by atoms with E-state index < -0.39 is 10.2 Å². The lowest BCUT2D eigenvalue weighted by atomic mass is 10.1. The Bertz CT molecular complexity index is 650. The molecule has 1 aliphatic carbocycles. The van der Waals surface area contributed by atoms with Crippen LogP contribution in [0, 0.1) is 0 Å². The Morgan fingerprint density at radius 2 is 1.83 bits per heavy atom. The zero-order valence-corrected chi connectivity index (χ0v) is 14.4. The molecule has 6 nitrogen and oxygen atoms in total. The Balaban J connectivity index is 1.77. The van der Waals surface area contributed by atoms with E-state index in [0.717, 1.165) is 31.2 Å². The molecule has 1 N–H and O–H groups in total. The molecule has 3 rings (SSSR count). The molecule has 0 atom stereocenters. The van der Waals surface area contributed by atoms with Crippen LogP contribution in [0.4, 0.5) is 5.69 Å². The van der Waals surface area contributed by atoms with Crippen molar-refractivity contribution in [3.8, 4) is 5.75 Å². The van der Waals surface area contributed by atoms with Crippen molar-refractivity contribution in [3.05, 3.63) is 23.8 Å². The molecule has 2 fully saturated rings. The van der Waals surface area contributed by atoms with Crippen molar-refractivity contribution in [2.75, 3.05) is 32.0 Å². The molecule has 0 aromatic heterocycles. The van der Waals surface area contributed by atoms with Crippen molar-refractivity contribution in [3.63, 3.8) is 0 Å². The maximum Gasteiger partial charge on any atom is 0.301 e. The minimum atomic E-state index is -3.55. The van der Waals surface area contributed by atoms with E-state index in [0.29, 0.717) is 30.4 Å². The third kappa shape index (κ3) is 3.79. The summed E-state index contributed by atoms with van der Waals surface area (Å²) in [7, 11) is -0.294. The first-order chi connectivity index (χ1) is 11.0. The summed E-state index contributed by atoms with van der Waals surface area (Å²) in [6.07, 6.45) is 3.83. The lowest BCUT2D eigenvalue weighted by Crippen LogP contribution is -2.43. The van der Waals surface area contributed by atoms with Crippen LogP contribution in [0.2, 0.25) is 0 Å². The number of hydrogen-bond acceptors (Lipinski definition) is 4. The van der Waals surface area contributed by atoms with Gasteiger partial charge in [0.1, 0.15) is 5.75 Å². The standard InChI is InChI=1S/C16H24N2O4S/c1-21-13-7-9-18(10-8-13)23(19,20)17-16-11-14(22-2)5-6-15(16)12-3-4-12/h5-6,11-13,17H,3-4,7-10H2,1-2H3. The molecule has 0 spiro atoms. The monoisotopic (exact) mass is 340 g/mol. The molecular weight excluding hydrogens is 316 g/mol. The van der Waals surface area contributed by atoms with E-state index in [-0.39, 0.29) is 6.10 Å². The second-order valence-electron chi connectivity index (χ2n) is 6.17. The normalized spacial score (nSPS) is 20.4. The fourth-order valence-electron chi connectivity index (χ4n) is 3.01. The summed E-state index contributed by atoms with van der Waals surface area (Å²) in [6.45, 7) is 0.965. The minimum Gasteiger partial charge on any atom is -0.497 e. The van der Waals surface area contributed by atoms with Crippen molar-refractivity contribution in [1.29, 1.82) is 0 Å². The van der Waals surface area contributed by atoms with E-state index in [2.05, 4.69) is 4.72 Å². The maximum absolute atomic E-state index is 12.7. The SMILES string of the molecule is COc1ccc(C2CC2)c(NS(=O)(=O)N2CCC(OC)CC2)c1. The molecule has 0 amide bonds. The Morgan fingerprint density at radius 3 is 2.39 bits per heavy atom. The Hall–Kier alpha value is -1.31. The number of nitrogens with zero attached hydrogens (tertiary/aromatic N) is 1. The highest BCUT2D eigenvalue weighted by Gasteiger charge is 2.31. The number of hydrogen-bond donors (Lipinski definition) is 1. The highest BCUT2D eigenvalue weighted by molar-refractivity contribution is 7.90. The predicted octanol–water partition coefficient (Wildman–Crippen LogP) is 2.34. The van der Waals surface area contributed by atoms with Crippen LogP contribution in [0.3, 0.4) is 0 Å². The van der Waals surface area contributed by atoms with Gasteiger partial charge in [0, 0.05) is 26.3 Å². The second-order valence-corrected chi connectivity index (χ2v) is 7.84. The topological polar surface area (TPSA) is 67.9 Å². The minimum absolute atomic E-state index is 0.153. The van der Waals surface area contributed by atoms with Crippen LogP contribution in [0.1, 0.15) is 37.2 Å². The van der Waals surface area contributed by atoms with Gasteiger partial charge in [-0.15, -0.1) is 0 Å². The van der Waals surface area contributed by atoms with Gasteiger partial charge in [-0.3, -0.25) is 4.72 Å². The van der Waals surface area contributed by atoms with Gasteiger partial charge in [-0.25, -0.2) is 0 Å².